The van der Waals surface area contributed by atoms with Gasteiger partial charge in [0.1, 0.15) is 0 Å². The Labute approximate surface area is 127 Å². The van der Waals surface area contributed by atoms with E-state index >= 15 is 0 Å². The van der Waals surface area contributed by atoms with Crippen molar-refractivity contribution in [2.24, 2.45) is 0 Å². The van der Waals surface area contributed by atoms with Gasteiger partial charge in [0.25, 0.3) is 0 Å². The number of aromatic nitrogens is 2. The molecule has 1 saturated heterocycles. The highest BCUT2D eigenvalue weighted by atomic mass is 35.5. The van der Waals surface area contributed by atoms with Crippen molar-refractivity contribution in [3.8, 4) is 0 Å². The van der Waals surface area contributed by atoms with E-state index in [-0.39, 0.29) is 6.04 Å². The van der Waals surface area contributed by atoms with E-state index < -0.39 is 0 Å². The van der Waals surface area contributed by atoms with Crippen LogP contribution in [0.1, 0.15) is 42.6 Å². The van der Waals surface area contributed by atoms with E-state index in [0.717, 1.165) is 18.5 Å². The molecule has 0 aliphatic carbocycles. The van der Waals surface area contributed by atoms with Crippen molar-refractivity contribution in [2.75, 3.05) is 6.54 Å². The molecule has 0 bridgehead atoms. The van der Waals surface area contributed by atoms with Gasteiger partial charge in [-0.1, -0.05) is 40.8 Å². The van der Waals surface area contributed by atoms with Crippen LogP contribution in [-0.2, 0) is 6.42 Å². The number of rotatable bonds is 3. The van der Waals surface area contributed by atoms with E-state index in [1.807, 2.05) is 12.1 Å². The second kappa shape index (κ2) is 6.12. The largest absolute Gasteiger partial charge is 0.338 e. The van der Waals surface area contributed by atoms with Crippen LogP contribution < -0.4 is 5.32 Å². The van der Waals surface area contributed by atoms with Crippen LogP contribution in [0.3, 0.4) is 0 Å². The van der Waals surface area contributed by atoms with Gasteiger partial charge in [-0.15, -0.1) is 0 Å². The maximum Gasteiger partial charge on any atom is 0.243 e. The molecule has 0 unspecified atom stereocenters. The first-order chi connectivity index (χ1) is 9.72. The number of piperidine rings is 1. The van der Waals surface area contributed by atoms with Crippen molar-refractivity contribution in [1.82, 2.24) is 15.5 Å². The molecule has 0 spiro atoms. The van der Waals surface area contributed by atoms with Gasteiger partial charge in [-0.3, -0.25) is 0 Å². The molecule has 1 atom stereocenters. The van der Waals surface area contributed by atoms with Crippen molar-refractivity contribution < 1.29 is 4.52 Å². The van der Waals surface area contributed by atoms with Gasteiger partial charge in [-0.05, 0) is 37.1 Å². The third-order valence-electron chi connectivity index (χ3n) is 3.46. The maximum absolute atomic E-state index is 6.15. The third-order valence-corrected chi connectivity index (χ3v) is 4.04. The molecular formula is C14H15Cl2N3O. The molecule has 0 radical (unpaired) electrons. The second-order valence-corrected chi connectivity index (χ2v) is 5.81. The lowest BCUT2D eigenvalue weighted by Gasteiger charge is -2.19. The highest BCUT2D eigenvalue weighted by Gasteiger charge is 2.21. The Hall–Kier alpha value is -1.10. The molecule has 1 aliphatic heterocycles. The lowest BCUT2D eigenvalue weighted by atomic mass is 10.1. The van der Waals surface area contributed by atoms with Crippen molar-refractivity contribution in [3.63, 3.8) is 0 Å². The van der Waals surface area contributed by atoms with Crippen LogP contribution in [0.25, 0.3) is 0 Å². The Morgan fingerprint density at radius 2 is 2.20 bits per heavy atom. The molecule has 20 heavy (non-hydrogen) atoms. The first-order valence-corrected chi connectivity index (χ1v) is 7.48. The fourth-order valence-corrected chi connectivity index (χ4v) is 2.85. The predicted octanol–water partition coefficient (Wildman–Crippen LogP) is 3.78. The Morgan fingerprint density at radius 3 is 2.95 bits per heavy atom. The number of hydrogen-bond acceptors (Lipinski definition) is 4. The van der Waals surface area contributed by atoms with Crippen LogP contribution in [0.4, 0.5) is 0 Å². The highest BCUT2D eigenvalue weighted by Crippen LogP contribution is 2.24. The molecule has 3 rings (SSSR count). The van der Waals surface area contributed by atoms with Gasteiger partial charge in [-0.25, -0.2) is 0 Å². The lowest BCUT2D eigenvalue weighted by Crippen LogP contribution is -2.27. The average molecular weight is 312 g/mol. The van der Waals surface area contributed by atoms with Crippen LogP contribution in [0, 0.1) is 0 Å². The van der Waals surface area contributed by atoms with E-state index in [9.17, 15) is 0 Å². The van der Waals surface area contributed by atoms with Crippen LogP contribution in [-0.4, -0.2) is 16.7 Å². The number of halogens is 2. The Kier molecular flexibility index (Phi) is 4.24. The van der Waals surface area contributed by atoms with Gasteiger partial charge >= 0.3 is 0 Å². The van der Waals surface area contributed by atoms with E-state index in [0.29, 0.717) is 28.2 Å². The van der Waals surface area contributed by atoms with Crippen LogP contribution in [0.5, 0.6) is 0 Å². The fraction of sp³-hybridized carbons (Fsp3) is 0.429. The maximum atomic E-state index is 6.15. The summed E-state index contributed by atoms with van der Waals surface area (Å²) >= 11 is 12.0. The topological polar surface area (TPSA) is 51.0 Å². The third kappa shape index (κ3) is 3.14. The summed E-state index contributed by atoms with van der Waals surface area (Å²) in [5, 5.41) is 8.67. The van der Waals surface area contributed by atoms with E-state index in [1.54, 1.807) is 6.07 Å². The second-order valence-electron chi connectivity index (χ2n) is 4.96. The summed E-state index contributed by atoms with van der Waals surface area (Å²) < 4.78 is 5.35. The first-order valence-electron chi connectivity index (χ1n) is 6.72. The molecule has 0 saturated carbocycles. The molecule has 1 N–H and O–H groups in total. The van der Waals surface area contributed by atoms with Gasteiger partial charge in [0.2, 0.25) is 5.89 Å². The van der Waals surface area contributed by atoms with Gasteiger partial charge in [-0.2, -0.15) is 4.98 Å². The Bertz CT molecular complexity index is 594. The van der Waals surface area contributed by atoms with Crippen LogP contribution in [0.15, 0.2) is 22.7 Å². The molecule has 4 nitrogen and oxygen atoms in total. The molecular weight excluding hydrogens is 297 g/mol. The number of nitrogens with zero attached hydrogens (tertiary/aromatic N) is 2. The number of hydrogen-bond donors (Lipinski definition) is 1. The average Bonchev–Trinajstić information content (AvgIpc) is 2.92. The normalized spacial score (nSPS) is 19.2. The SMILES string of the molecule is Clc1ccc(Cc2noc([C@H]3CCCCN3)n2)c(Cl)c1. The first kappa shape index (κ1) is 13.9. The summed E-state index contributed by atoms with van der Waals surface area (Å²) in [5.74, 6) is 1.32. The highest BCUT2D eigenvalue weighted by molar-refractivity contribution is 6.35. The monoisotopic (exact) mass is 311 g/mol. The molecule has 1 aromatic carbocycles. The van der Waals surface area contributed by atoms with Crippen molar-refractivity contribution >= 4 is 23.2 Å². The summed E-state index contributed by atoms with van der Waals surface area (Å²) in [6, 6.07) is 5.61. The van der Waals surface area contributed by atoms with Gasteiger partial charge in [0.05, 0.1) is 6.04 Å². The van der Waals surface area contributed by atoms with E-state index in [2.05, 4.69) is 15.5 Å². The van der Waals surface area contributed by atoms with E-state index in [1.165, 1.54) is 12.8 Å². The standard InChI is InChI=1S/C14H15Cl2N3O/c15-10-5-4-9(11(16)8-10)7-13-18-14(20-19-13)12-3-1-2-6-17-12/h4-5,8,12,17H,1-3,6-7H2/t12-/m1/s1. The molecule has 6 heteroatoms. The molecule has 1 aromatic heterocycles. The lowest BCUT2D eigenvalue weighted by molar-refractivity contribution is 0.296. The Balaban J connectivity index is 1.73. The molecule has 2 heterocycles. The number of benzene rings is 1. The smallest absolute Gasteiger partial charge is 0.243 e. The molecule has 1 aliphatic rings. The molecule has 0 amide bonds. The minimum absolute atomic E-state index is 0.186. The van der Waals surface area contributed by atoms with Gasteiger partial charge in [0, 0.05) is 16.5 Å². The van der Waals surface area contributed by atoms with Crippen LogP contribution >= 0.6 is 23.2 Å². The fourth-order valence-electron chi connectivity index (χ4n) is 2.38. The Morgan fingerprint density at radius 1 is 1.30 bits per heavy atom. The van der Waals surface area contributed by atoms with Crippen molar-refractivity contribution in [3.05, 3.63) is 45.5 Å². The summed E-state index contributed by atoms with van der Waals surface area (Å²) in [7, 11) is 0. The summed E-state index contributed by atoms with van der Waals surface area (Å²) in [6.07, 6.45) is 3.99. The summed E-state index contributed by atoms with van der Waals surface area (Å²) in [6.45, 7) is 1.01. The minimum Gasteiger partial charge on any atom is -0.338 e. The summed E-state index contributed by atoms with van der Waals surface area (Å²) in [5.41, 5.74) is 0.944. The van der Waals surface area contributed by atoms with E-state index in [4.69, 9.17) is 27.7 Å². The van der Waals surface area contributed by atoms with Crippen molar-refractivity contribution in [1.29, 1.82) is 0 Å². The zero-order valence-electron chi connectivity index (χ0n) is 10.9. The summed E-state index contributed by atoms with van der Waals surface area (Å²) in [4.78, 5) is 4.46. The molecule has 106 valence electrons. The van der Waals surface area contributed by atoms with Gasteiger partial charge in [0.15, 0.2) is 5.82 Å². The van der Waals surface area contributed by atoms with Crippen molar-refractivity contribution in [2.45, 2.75) is 31.7 Å². The zero-order chi connectivity index (χ0) is 13.9. The predicted molar refractivity (Wildman–Crippen MR) is 78.2 cm³/mol. The minimum atomic E-state index is 0.186. The van der Waals surface area contributed by atoms with Crippen LogP contribution in [0.2, 0.25) is 10.0 Å². The zero-order valence-corrected chi connectivity index (χ0v) is 12.4. The van der Waals surface area contributed by atoms with Gasteiger partial charge < -0.3 is 9.84 Å². The molecule has 1 fully saturated rings. The molecule has 2 aromatic rings. The number of nitrogens with one attached hydrogen (secondary N) is 1. The quantitative estimate of drug-likeness (QED) is 0.937.